The van der Waals surface area contributed by atoms with Crippen LogP contribution in [-0.4, -0.2) is 26.6 Å². The number of nitrogens with zero attached hydrogens (tertiary/aromatic N) is 1. The van der Waals surface area contributed by atoms with E-state index in [-0.39, 0.29) is 16.4 Å². The van der Waals surface area contributed by atoms with Gasteiger partial charge in [-0.3, -0.25) is 9.10 Å². The first-order chi connectivity index (χ1) is 12.4. The van der Waals surface area contributed by atoms with Gasteiger partial charge < -0.3 is 5.32 Å². The lowest BCUT2D eigenvalue weighted by atomic mass is 10.2. The van der Waals surface area contributed by atoms with Crippen molar-refractivity contribution in [3.05, 3.63) is 59.1 Å². The summed E-state index contributed by atoms with van der Waals surface area (Å²) >= 11 is 5.89. The number of hydrogen-bond donors (Lipinski definition) is 1. The van der Waals surface area contributed by atoms with Gasteiger partial charge in [0.25, 0.3) is 0 Å². The first-order valence-electron chi connectivity index (χ1n) is 7.62. The average molecular weight is 421 g/mol. The Morgan fingerprint density at radius 2 is 1.74 bits per heavy atom. The monoisotopic (exact) mass is 420 g/mol. The van der Waals surface area contributed by atoms with Crippen LogP contribution in [0.15, 0.2) is 48.5 Å². The molecule has 27 heavy (non-hydrogen) atoms. The number of carbonyl (C=O) groups excluding carboxylic acids is 1. The van der Waals surface area contributed by atoms with Crippen LogP contribution in [0.4, 0.5) is 24.5 Å². The molecular weight excluding hydrogens is 405 g/mol. The highest BCUT2D eigenvalue weighted by molar-refractivity contribution is 7.92. The Kier molecular flexibility index (Phi) is 6.06. The minimum absolute atomic E-state index is 0.111. The second-order valence-corrected chi connectivity index (χ2v) is 8.07. The van der Waals surface area contributed by atoms with Gasteiger partial charge in [0.2, 0.25) is 15.9 Å². The van der Waals surface area contributed by atoms with E-state index in [1.165, 1.54) is 25.1 Å². The highest BCUT2D eigenvalue weighted by atomic mass is 35.5. The highest BCUT2D eigenvalue weighted by Gasteiger charge is 2.31. The number of sulfonamides is 1. The molecule has 1 N–H and O–H groups in total. The van der Waals surface area contributed by atoms with Crippen LogP contribution in [0.2, 0.25) is 5.02 Å². The minimum atomic E-state index is -4.49. The van der Waals surface area contributed by atoms with Crippen LogP contribution < -0.4 is 9.62 Å². The molecule has 0 radical (unpaired) electrons. The van der Waals surface area contributed by atoms with Gasteiger partial charge in [0.15, 0.2) is 0 Å². The molecule has 0 aliphatic rings. The summed E-state index contributed by atoms with van der Waals surface area (Å²) in [6.45, 7) is 1.36. The zero-order chi connectivity index (χ0) is 20.4. The summed E-state index contributed by atoms with van der Waals surface area (Å²) in [4.78, 5) is 12.5. The number of rotatable bonds is 5. The molecule has 0 aliphatic heterocycles. The van der Waals surface area contributed by atoms with E-state index in [0.29, 0.717) is 0 Å². The molecule has 0 fully saturated rings. The van der Waals surface area contributed by atoms with Gasteiger partial charge in [0.1, 0.15) is 6.04 Å². The lowest BCUT2D eigenvalue weighted by molar-refractivity contribution is -0.137. The Hall–Kier alpha value is -2.26. The molecule has 2 aromatic carbocycles. The van der Waals surface area contributed by atoms with Crippen molar-refractivity contribution in [2.45, 2.75) is 19.1 Å². The van der Waals surface area contributed by atoms with Crippen molar-refractivity contribution in [2.75, 3.05) is 15.9 Å². The number of halogens is 4. The van der Waals surface area contributed by atoms with Gasteiger partial charge in [-0.15, -0.1) is 0 Å². The molecule has 1 atom stereocenters. The van der Waals surface area contributed by atoms with E-state index in [9.17, 15) is 26.4 Å². The summed E-state index contributed by atoms with van der Waals surface area (Å²) in [7, 11) is -3.83. The fraction of sp³-hybridized carbons (Fsp3) is 0.235. The Balaban J connectivity index is 2.25. The first kappa shape index (κ1) is 21.0. The summed E-state index contributed by atoms with van der Waals surface area (Å²) in [6.07, 6.45) is -3.55. The molecule has 146 valence electrons. The van der Waals surface area contributed by atoms with Gasteiger partial charge in [-0.1, -0.05) is 17.7 Å². The van der Waals surface area contributed by atoms with E-state index in [0.717, 1.165) is 34.8 Å². The fourth-order valence-corrected chi connectivity index (χ4v) is 3.76. The van der Waals surface area contributed by atoms with E-state index in [2.05, 4.69) is 5.32 Å². The molecule has 2 rings (SSSR count). The quantitative estimate of drug-likeness (QED) is 0.790. The maximum atomic E-state index is 12.6. The number of anilines is 2. The van der Waals surface area contributed by atoms with Crippen LogP contribution in [0, 0.1) is 0 Å². The predicted octanol–water partition coefficient (Wildman–Crippen LogP) is 4.15. The number of alkyl halides is 3. The molecule has 2 aromatic rings. The maximum absolute atomic E-state index is 12.6. The Morgan fingerprint density at radius 3 is 2.22 bits per heavy atom. The van der Waals surface area contributed by atoms with Gasteiger partial charge in [-0.2, -0.15) is 13.2 Å². The second kappa shape index (κ2) is 7.77. The molecule has 10 heteroatoms. The molecule has 0 bridgehead atoms. The summed E-state index contributed by atoms with van der Waals surface area (Å²) in [5, 5.41) is 2.70. The number of benzene rings is 2. The fourth-order valence-electron chi connectivity index (χ4n) is 2.41. The maximum Gasteiger partial charge on any atom is 0.416 e. The van der Waals surface area contributed by atoms with Gasteiger partial charge in [0.05, 0.1) is 17.5 Å². The van der Waals surface area contributed by atoms with Crippen molar-refractivity contribution in [2.24, 2.45) is 0 Å². The molecule has 5 nitrogen and oxygen atoms in total. The van der Waals surface area contributed by atoms with Crippen molar-refractivity contribution in [3.63, 3.8) is 0 Å². The topological polar surface area (TPSA) is 66.5 Å². The highest BCUT2D eigenvalue weighted by Crippen LogP contribution is 2.30. The van der Waals surface area contributed by atoms with Crippen LogP contribution >= 0.6 is 11.6 Å². The van der Waals surface area contributed by atoms with E-state index in [1.54, 1.807) is 6.07 Å². The number of nitrogens with one attached hydrogen (secondary N) is 1. The van der Waals surface area contributed by atoms with E-state index < -0.39 is 33.7 Å². The molecule has 0 aromatic heterocycles. The molecule has 0 aliphatic carbocycles. The zero-order valence-corrected chi connectivity index (χ0v) is 15.9. The normalized spacial score (nSPS) is 13.1. The molecule has 0 saturated heterocycles. The van der Waals surface area contributed by atoms with Crippen LogP contribution in [0.5, 0.6) is 0 Å². The van der Waals surface area contributed by atoms with Crippen molar-refractivity contribution in [1.82, 2.24) is 0 Å². The molecule has 0 spiro atoms. The third-order valence-corrected chi connectivity index (χ3v) is 5.11. The standard InChI is InChI=1S/C17H16ClF3N2O3S/c1-11(23(27(2,25)26)15-5-3-4-13(18)10-15)16(24)22-14-8-6-12(7-9-14)17(19,20)21/h3-11H,1-2H3,(H,22,24). The Morgan fingerprint density at radius 1 is 1.15 bits per heavy atom. The molecule has 0 heterocycles. The third-order valence-electron chi connectivity index (χ3n) is 3.63. The van der Waals surface area contributed by atoms with Gasteiger partial charge in [-0.25, -0.2) is 8.42 Å². The second-order valence-electron chi connectivity index (χ2n) is 5.78. The van der Waals surface area contributed by atoms with Crippen molar-refractivity contribution in [1.29, 1.82) is 0 Å². The first-order valence-corrected chi connectivity index (χ1v) is 9.85. The Bertz CT molecular complexity index is 931. The summed E-state index contributed by atoms with van der Waals surface area (Å²) in [5.41, 5.74) is -0.551. The SMILES string of the molecule is CC(C(=O)Nc1ccc(C(F)(F)F)cc1)N(c1cccc(Cl)c1)S(C)(=O)=O. The van der Waals surface area contributed by atoms with Crippen molar-refractivity contribution in [3.8, 4) is 0 Å². The molecular formula is C17H16ClF3N2O3S. The van der Waals surface area contributed by atoms with Crippen LogP contribution in [0.3, 0.4) is 0 Å². The summed E-state index contributed by atoms with van der Waals surface area (Å²) in [6, 6.07) is 8.64. The number of carbonyl (C=O) groups is 1. The predicted molar refractivity (Wildman–Crippen MR) is 98.3 cm³/mol. The van der Waals surface area contributed by atoms with E-state index in [4.69, 9.17) is 11.6 Å². The van der Waals surface area contributed by atoms with Crippen molar-refractivity contribution >= 4 is 38.9 Å². The van der Waals surface area contributed by atoms with E-state index in [1.807, 2.05) is 0 Å². The van der Waals surface area contributed by atoms with Gasteiger partial charge >= 0.3 is 6.18 Å². The average Bonchev–Trinajstić information content (AvgIpc) is 2.53. The zero-order valence-electron chi connectivity index (χ0n) is 14.3. The lowest BCUT2D eigenvalue weighted by Crippen LogP contribution is -2.45. The van der Waals surface area contributed by atoms with Crippen molar-refractivity contribution < 1.29 is 26.4 Å². The molecule has 0 saturated carbocycles. The minimum Gasteiger partial charge on any atom is -0.324 e. The number of amides is 1. The molecule has 1 unspecified atom stereocenters. The lowest BCUT2D eigenvalue weighted by Gasteiger charge is -2.28. The smallest absolute Gasteiger partial charge is 0.324 e. The summed E-state index contributed by atoms with van der Waals surface area (Å²) < 4.78 is 63.0. The van der Waals surface area contributed by atoms with Crippen LogP contribution in [0.1, 0.15) is 12.5 Å². The third kappa shape index (κ3) is 5.36. The van der Waals surface area contributed by atoms with Crippen LogP contribution in [-0.2, 0) is 21.0 Å². The van der Waals surface area contributed by atoms with Gasteiger partial charge in [-0.05, 0) is 49.4 Å². The number of hydrogen-bond acceptors (Lipinski definition) is 3. The molecule has 1 amide bonds. The largest absolute Gasteiger partial charge is 0.416 e. The Labute approximate surface area is 159 Å². The van der Waals surface area contributed by atoms with E-state index >= 15 is 0 Å². The van der Waals surface area contributed by atoms with Crippen LogP contribution in [0.25, 0.3) is 0 Å². The van der Waals surface area contributed by atoms with Gasteiger partial charge in [0, 0.05) is 10.7 Å². The summed E-state index contributed by atoms with van der Waals surface area (Å²) in [5.74, 6) is -0.708.